The first-order chi connectivity index (χ1) is 11.4. The number of hydrogen-bond acceptors (Lipinski definition) is 5. The molecule has 0 unspecified atom stereocenters. The van der Waals surface area contributed by atoms with Gasteiger partial charge in [0.1, 0.15) is 11.9 Å². The second-order valence-electron chi connectivity index (χ2n) is 6.84. The number of aromatic nitrogens is 1. The second-order valence-corrected chi connectivity index (χ2v) is 6.84. The lowest BCUT2D eigenvalue weighted by atomic mass is 10.2. The predicted octanol–water partition coefficient (Wildman–Crippen LogP) is 3.40. The van der Waals surface area contributed by atoms with E-state index < -0.39 is 5.60 Å². The average molecular weight is 329 g/mol. The Balaban J connectivity index is 1.58. The zero-order valence-electron chi connectivity index (χ0n) is 14.4. The topological polar surface area (TPSA) is 58.8 Å². The number of nitrogens with zero attached hydrogens (tertiary/aromatic N) is 3. The highest BCUT2D eigenvalue weighted by Crippen LogP contribution is 2.23. The summed E-state index contributed by atoms with van der Waals surface area (Å²) in [5, 5.41) is 0. The number of rotatable bonds is 2. The van der Waals surface area contributed by atoms with Crippen molar-refractivity contribution >= 4 is 11.8 Å². The maximum atomic E-state index is 12.1. The van der Waals surface area contributed by atoms with Crippen molar-refractivity contribution in [3.63, 3.8) is 0 Å². The van der Waals surface area contributed by atoms with Gasteiger partial charge >= 0.3 is 6.09 Å². The van der Waals surface area contributed by atoms with E-state index in [0.29, 0.717) is 19.0 Å². The maximum absolute atomic E-state index is 12.1. The van der Waals surface area contributed by atoms with Crippen LogP contribution in [0.15, 0.2) is 41.1 Å². The Hall–Kier alpha value is -2.50. The summed E-state index contributed by atoms with van der Waals surface area (Å²) in [4.78, 5) is 20.3. The van der Waals surface area contributed by atoms with Crippen LogP contribution in [0.3, 0.4) is 0 Å². The minimum absolute atomic E-state index is 0.235. The molecule has 0 aliphatic carbocycles. The van der Waals surface area contributed by atoms with Crippen LogP contribution in [0.2, 0.25) is 0 Å². The van der Waals surface area contributed by atoms with Gasteiger partial charge in [-0.2, -0.15) is 0 Å². The molecule has 6 heteroatoms. The Morgan fingerprint density at radius 3 is 2.33 bits per heavy atom. The predicted molar refractivity (Wildman–Crippen MR) is 92.0 cm³/mol. The standard InChI is InChI=1S/C18H23N3O3/c1-18(2,3)24-17(22)21-11-9-20(10-12-21)15-6-4-14(5-7-15)16-19-8-13-23-16/h4-8,13H,9-12H2,1-3H3. The van der Waals surface area contributed by atoms with Crippen LogP contribution in [-0.2, 0) is 4.74 Å². The molecular formula is C18H23N3O3. The third-order valence-corrected chi connectivity index (χ3v) is 3.84. The van der Waals surface area contributed by atoms with E-state index >= 15 is 0 Å². The molecule has 1 amide bonds. The Morgan fingerprint density at radius 2 is 1.79 bits per heavy atom. The van der Waals surface area contributed by atoms with Gasteiger partial charge in [-0.1, -0.05) is 0 Å². The van der Waals surface area contributed by atoms with Gasteiger partial charge in [0.2, 0.25) is 5.89 Å². The molecule has 0 radical (unpaired) electrons. The summed E-state index contributed by atoms with van der Waals surface area (Å²) in [5.74, 6) is 0.622. The summed E-state index contributed by atoms with van der Waals surface area (Å²) >= 11 is 0. The highest BCUT2D eigenvalue weighted by Gasteiger charge is 2.25. The number of ether oxygens (including phenoxy) is 1. The van der Waals surface area contributed by atoms with Crippen LogP contribution in [0.25, 0.3) is 11.5 Å². The molecule has 1 aromatic carbocycles. The first-order valence-corrected chi connectivity index (χ1v) is 8.15. The van der Waals surface area contributed by atoms with E-state index in [4.69, 9.17) is 9.15 Å². The summed E-state index contributed by atoms with van der Waals surface area (Å²) in [5.41, 5.74) is 1.63. The maximum Gasteiger partial charge on any atom is 0.410 e. The Morgan fingerprint density at radius 1 is 1.12 bits per heavy atom. The monoisotopic (exact) mass is 329 g/mol. The number of benzene rings is 1. The van der Waals surface area contributed by atoms with Crippen LogP contribution in [0.1, 0.15) is 20.8 Å². The first-order valence-electron chi connectivity index (χ1n) is 8.15. The lowest BCUT2D eigenvalue weighted by Gasteiger charge is -2.36. The minimum atomic E-state index is -0.454. The molecule has 0 bridgehead atoms. The normalized spacial score (nSPS) is 15.5. The Bertz CT molecular complexity index is 667. The number of piperazine rings is 1. The summed E-state index contributed by atoms with van der Waals surface area (Å²) in [6.07, 6.45) is 2.97. The molecular weight excluding hydrogens is 306 g/mol. The molecule has 24 heavy (non-hydrogen) atoms. The molecule has 1 fully saturated rings. The fourth-order valence-electron chi connectivity index (χ4n) is 2.65. The molecule has 3 rings (SSSR count). The van der Waals surface area contributed by atoms with E-state index in [2.05, 4.69) is 22.0 Å². The zero-order chi connectivity index (χ0) is 17.2. The SMILES string of the molecule is CC(C)(C)OC(=O)N1CCN(c2ccc(-c3ncco3)cc2)CC1. The number of carbonyl (C=O) groups excluding carboxylic acids is 1. The van der Waals surface area contributed by atoms with E-state index in [1.165, 1.54) is 0 Å². The first kappa shape index (κ1) is 16.4. The molecule has 2 aromatic rings. The fraction of sp³-hybridized carbons (Fsp3) is 0.444. The minimum Gasteiger partial charge on any atom is -0.445 e. The molecule has 1 saturated heterocycles. The average Bonchev–Trinajstić information content (AvgIpc) is 3.08. The summed E-state index contributed by atoms with van der Waals surface area (Å²) in [6.45, 7) is 8.56. The second kappa shape index (κ2) is 6.55. The van der Waals surface area contributed by atoms with Crippen LogP contribution in [0.4, 0.5) is 10.5 Å². The molecule has 0 saturated carbocycles. The van der Waals surface area contributed by atoms with Gasteiger partial charge in [0.15, 0.2) is 0 Å². The zero-order valence-corrected chi connectivity index (χ0v) is 14.4. The molecule has 1 aliphatic heterocycles. The molecule has 2 heterocycles. The molecule has 1 aromatic heterocycles. The summed E-state index contributed by atoms with van der Waals surface area (Å²) in [7, 11) is 0. The van der Waals surface area contributed by atoms with Crippen LogP contribution >= 0.6 is 0 Å². The van der Waals surface area contributed by atoms with Crippen molar-refractivity contribution in [2.75, 3.05) is 31.1 Å². The highest BCUT2D eigenvalue weighted by atomic mass is 16.6. The number of hydrogen-bond donors (Lipinski definition) is 0. The van der Waals surface area contributed by atoms with Gasteiger partial charge in [0, 0.05) is 37.4 Å². The van der Waals surface area contributed by atoms with Crippen molar-refractivity contribution < 1.29 is 13.9 Å². The van der Waals surface area contributed by atoms with Crippen LogP contribution in [0.5, 0.6) is 0 Å². The van der Waals surface area contributed by atoms with Gasteiger partial charge in [0.25, 0.3) is 0 Å². The number of carbonyl (C=O) groups is 1. The van der Waals surface area contributed by atoms with Gasteiger partial charge in [-0.3, -0.25) is 0 Å². The largest absolute Gasteiger partial charge is 0.445 e. The van der Waals surface area contributed by atoms with E-state index in [1.807, 2.05) is 32.9 Å². The van der Waals surface area contributed by atoms with Crippen molar-refractivity contribution in [2.24, 2.45) is 0 Å². The molecule has 0 atom stereocenters. The van der Waals surface area contributed by atoms with E-state index in [0.717, 1.165) is 24.3 Å². The van der Waals surface area contributed by atoms with Gasteiger partial charge in [-0.05, 0) is 45.0 Å². The van der Waals surface area contributed by atoms with E-state index in [1.54, 1.807) is 17.4 Å². The van der Waals surface area contributed by atoms with Gasteiger partial charge in [0.05, 0.1) is 6.20 Å². The van der Waals surface area contributed by atoms with Crippen molar-refractivity contribution in [2.45, 2.75) is 26.4 Å². The third-order valence-electron chi connectivity index (χ3n) is 3.84. The Labute approximate surface area is 142 Å². The van der Waals surface area contributed by atoms with Crippen molar-refractivity contribution in [3.05, 3.63) is 36.7 Å². The Kier molecular flexibility index (Phi) is 4.46. The highest BCUT2D eigenvalue weighted by molar-refractivity contribution is 5.69. The number of amides is 1. The summed E-state index contributed by atoms with van der Waals surface area (Å²) in [6, 6.07) is 8.12. The van der Waals surface area contributed by atoms with Crippen LogP contribution in [0, 0.1) is 0 Å². The molecule has 1 aliphatic rings. The molecule has 6 nitrogen and oxygen atoms in total. The van der Waals surface area contributed by atoms with Crippen molar-refractivity contribution in [1.82, 2.24) is 9.88 Å². The molecule has 0 spiro atoms. The lowest BCUT2D eigenvalue weighted by Crippen LogP contribution is -2.50. The van der Waals surface area contributed by atoms with Crippen molar-refractivity contribution in [1.29, 1.82) is 0 Å². The van der Waals surface area contributed by atoms with E-state index in [-0.39, 0.29) is 6.09 Å². The number of oxazole rings is 1. The fourth-order valence-corrected chi connectivity index (χ4v) is 2.65. The smallest absolute Gasteiger partial charge is 0.410 e. The quantitative estimate of drug-likeness (QED) is 0.845. The van der Waals surface area contributed by atoms with E-state index in [9.17, 15) is 4.79 Å². The van der Waals surface area contributed by atoms with Crippen LogP contribution < -0.4 is 4.90 Å². The van der Waals surface area contributed by atoms with Gasteiger partial charge in [-0.25, -0.2) is 9.78 Å². The lowest BCUT2D eigenvalue weighted by molar-refractivity contribution is 0.0240. The number of anilines is 1. The molecule has 0 N–H and O–H groups in total. The van der Waals surface area contributed by atoms with Crippen molar-refractivity contribution in [3.8, 4) is 11.5 Å². The molecule has 128 valence electrons. The van der Waals surface area contributed by atoms with Gasteiger partial charge in [-0.15, -0.1) is 0 Å². The van der Waals surface area contributed by atoms with Crippen LogP contribution in [-0.4, -0.2) is 47.8 Å². The third kappa shape index (κ3) is 3.88. The summed E-state index contributed by atoms with van der Waals surface area (Å²) < 4.78 is 10.7. The van der Waals surface area contributed by atoms with Gasteiger partial charge < -0.3 is 19.0 Å².